The summed E-state index contributed by atoms with van der Waals surface area (Å²) in [5.41, 5.74) is 0.104. The highest BCUT2D eigenvalue weighted by atomic mass is 35.5. The molecule has 0 amide bonds. The lowest BCUT2D eigenvalue weighted by Crippen LogP contribution is -2.16. The summed E-state index contributed by atoms with van der Waals surface area (Å²) in [7, 11) is -6.64. The molecular formula is C13H13ClN2O5S2. The topological polar surface area (TPSA) is 116 Å². The minimum Gasteiger partial charge on any atom is -0.497 e. The summed E-state index contributed by atoms with van der Waals surface area (Å²) in [4.78, 5) is -0.569. The number of anilines is 1. The molecule has 0 saturated carbocycles. The van der Waals surface area contributed by atoms with E-state index in [1.807, 2.05) is 0 Å². The molecule has 23 heavy (non-hydrogen) atoms. The van der Waals surface area contributed by atoms with Crippen molar-refractivity contribution >= 4 is 37.3 Å². The number of hydrogen-bond donors (Lipinski definition) is 2. The zero-order valence-electron chi connectivity index (χ0n) is 11.9. The van der Waals surface area contributed by atoms with Crippen molar-refractivity contribution in [3.05, 3.63) is 47.5 Å². The fourth-order valence-electron chi connectivity index (χ4n) is 1.73. The molecule has 0 aliphatic rings. The van der Waals surface area contributed by atoms with Gasteiger partial charge in [0.2, 0.25) is 10.0 Å². The van der Waals surface area contributed by atoms with Gasteiger partial charge in [-0.05, 0) is 30.3 Å². The summed E-state index contributed by atoms with van der Waals surface area (Å²) in [6.45, 7) is 0. The van der Waals surface area contributed by atoms with Gasteiger partial charge in [-0.1, -0.05) is 17.7 Å². The average molecular weight is 377 g/mol. The molecule has 3 N–H and O–H groups in total. The van der Waals surface area contributed by atoms with Gasteiger partial charge >= 0.3 is 0 Å². The second kappa shape index (κ2) is 6.36. The SMILES string of the molecule is COc1ccc(Cl)c(NS(=O)(=O)c2cccc(S(N)(=O)=O)c2)c1. The van der Waals surface area contributed by atoms with Crippen LogP contribution in [0.4, 0.5) is 5.69 Å². The van der Waals surface area contributed by atoms with E-state index in [1.54, 1.807) is 6.07 Å². The number of nitrogens with one attached hydrogen (secondary N) is 1. The Balaban J connectivity index is 2.44. The van der Waals surface area contributed by atoms with Crippen molar-refractivity contribution in [2.24, 2.45) is 5.14 Å². The standard InChI is InChI=1S/C13H13ClN2O5S2/c1-21-9-5-6-12(14)13(7-9)16-23(19,20)11-4-2-3-10(8-11)22(15,17)18/h2-8,16H,1H3,(H2,15,17,18). The van der Waals surface area contributed by atoms with E-state index in [0.29, 0.717) is 5.75 Å². The molecule has 10 heteroatoms. The summed E-state index contributed by atoms with van der Waals surface area (Å²) < 4.78 is 54.7. The number of methoxy groups -OCH3 is 1. The van der Waals surface area contributed by atoms with Gasteiger partial charge in [-0.2, -0.15) is 0 Å². The van der Waals surface area contributed by atoms with Crippen LogP contribution in [0.15, 0.2) is 52.3 Å². The molecule has 0 fully saturated rings. The zero-order chi connectivity index (χ0) is 17.3. The van der Waals surface area contributed by atoms with E-state index in [0.717, 1.165) is 6.07 Å². The Labute approximate surface area is 139 Å². The first kappa shape index (κ1) is 17.5. The van der Waals surface area contributed by atoms with E-state index in [2.05, 4.69) is 4.72 Å². The maximum absolute atomic E-state index is 12.4. The molecule has 0 bridgehead atoms. The fraction of sp³-hybridized carbons (Fsp3) is 0.0769. The van der Waals surface area contributed by atoms with Gasteiger partial charge in [-0.15, -0.1) is 0 Å². The van der Waals surface area contributed by atoms with Crippen molar-refractivity contribution in [1.82, 2.24) is 0 Å². The average Bonchev–Trinajstić information content (AvgIpc) is 2.48. The minimum absolute atomic E-state index is 0.104. The Morgan fingerprint density at radius 1 is 1.04 bits per heavy atom. The van der Waals surface area contributed by atoms with Crippen LogP contribution >= 0.6 is 11.6 Å². The second-order valence-electron chi connectivity index (χ2n) is 4.47. The minimum atomic E-state index is -4.05. The van der Waals surface area contributed by atoms with E-state index >= 15 is 0 Å². The molecule has 2 aromatic rings. The molecule has 7 nitrogen and oxygen atoms in total. The van der Waals surface area contributed by atoms with Crippen LogP contribution < -0.4 is 14.6 Å². The van der Waals surface area contributed by atoms with Gasteiger partial charge in [0, 0.05) is 6.07 Å². The molecule has 0 unspecified atom stereocenters. The van der Waals surface area contributed by atoms with Crippen molar-refractivity contribution in [3.8, 4) is 5.75 Å². The monoisotopic (exact) mass is 376 g/mol. The summed E-state index contributed by atoms with van der Waals surface area (Å²) in [6, 6.07) is 9.13. The van der Waals surface area contributed by atoms with Crippen LogP contribution in [0.25, 0.3) is 0 Å². The van der Waals surface area contributed by atoms with Crippen LogP contribution in [0.2, 0.25) is 5.02 Å². The first-order valence-corrected chi connectivity index (χ1v) is 9.53. The van der Waals surface area contributed by atoms with Gasteiger partial charge in [0.15, 0.2) is 0 Å². The number of ether oxygens (including phenoxy) is 1. The molecule has 0 atom stereocenters. The molecular weight excluding hydrogens is 364 g/mol. The Bertz CT molecular complexity index is 943. The number of rotatable bonds is 5. The Hall–Kier alpha value is -1.81. The molecule has 2 rings (SSSR count). The predicted octanol–water partition coefficient (Wildman–Crippen LogP) is 1.80. The van der Waals surface area contributed by atoms with Crippen molar-refractivity contribution in [3.63, 3.8) is 0 Å². The van der Waals surface area contributed by atoms with Crippen LogP contribution in [-0.2, 0) is 20.0 Å². The summed E-state index contributed by atoms with van der Waals surface area (Å²) in [5, 5.41) is 5.17. The Morgan fingerprint density at radius 3 is 2.30 bits per heavy atom. The first-order chi connectivity index (χ1) is 10.6. The summed E-state index contributed by atoms with van der Waals surface area (Å²) >= 11 is 5.95. The predicted molar refractivity (Wildman–Crippen MR) is 86.6 cm³/mol. The van der Waals surface area contributed by atoms with E-state index in [1.165, 1.54) is 37.4 Å². The molecule has 0 spiro atoms. The van der Waals surface area contributed by atoms with Gasteiger partial charge in [0.25, 0.3) is 10.0 Å². The lowest BCUT2D eigenvalue weighted by molar-refractivity contribution is 0.415. The third-order valence-electron chi connectivity index (χ3n) is 2.86. The van der Waals surface area contributed by atoms with Gasteiger partial charge in [-0.3, -0.25) is 4.72 Å². The summed E-state index contributed by atoms with van der Waals surface area (Å²) in [5.74, 6) is 0.408. The van der Waals surface area contributed by atoms with Crippen LogP contribution in [0, 0.1) is 0 Å². The molecule has 0 aliphatic carbocycles. The van der Waals surface area contributed by atoms with Crippen LogP contribution in [0.5, 0.6) is 5.75 Å². The largest absolute Gasteiger partial charge is 0.497 e. The maximum atomic E-state index is 12.4. The molecule has 0 heterocycles. The van der Waals surface area contributed by atoms with Crippen molar-refractivity contribution in [1.29, 1.82) is 0 Å². The van der Waals surface area contributed by atoms with Crippen molar-refractivity contribution in [2.75, 3.05) is 11.8 Å². The van der Waals surface area contributed by atoms with E-state index in [9.17, 15) is 16.8 Å². The Kier molecular flexibility index (Phi) is 4.85. The van der Waals surface area contributed by atoms with Gasteiger partial charge < -0.3 is 4.74 Å². The number of sulfonamides is 2. The zero-order valence-corrected chi connectivity index (χ0v) is 14.2. The molecule has 0 aliphatic heterocycles. The fourth-order valence-corrected chi connectivity index (χ4v) is 3.70. The van der Waals surface area contributed by atoms with Gasteiger partial charge in [0.1, 0.15) is 5.75 Å². The third-order valence-corrected chi connectivity index (χ3v) is 5.47. The molecule has 2 aromatic carbocycles. The smallest absolute Gasteiger partial charge is 0.261 e. The van der Waals surface area contributed by atoms with E-state index < -0.39 is 20.0 Å². The number of primary sulfonamides is 1. The van der Waals surface area contributed by atoms with Crippen LogP contribution in [0.1, 0.15) is 0 Å². The van der Waals surface area contributed by atoms with Crippen molar-refractivity contribution < 1.29 is 21.6 Å². The highest BCUT2D eigenvalue weighted by molar-refractivity contribution is 7.93. The molecule has 124 valence electrons. The van der Waals surface area contributed by atoms with Crippen molar-refractivity contribution in [2.45, 2.75) is 9.79 Å². The van der Waals surface area contributed by atoms with Crippen LogP contribution in [0.3, 0.4) is 0 Å². The van der Waals surface area contributed by atoms with E-state index in [-0.39, 0.29) is 20.5 Å². The van der Waals surface area contributed by atoms with Gasteiger partial charge in [-0.25, -0.2) is 22.0 Å². The van der Waals surface area contributed by atoms with E-state index in [4.69, 9.17) is 21.5 Å². The second-order valence-corrected chi connectivity index (χ2v) is 8.12. The number of nitrogens with two attached hydrogens (primary N) is 1. The summed E-state index contributed by atoms with van der Waals surface area (Å²) in [6.07, 6.45) is 0. The lowest BCUT2D eigenvalue weighted by atomic mass is 10.3. The quantitative estimate of drug-likeness (QED) is 0.825. The number of hydrogen-bond acceptors (Lipinski definition) is 5. The molecule has 0 aromatic heterocycles. The molecule has 0 saturated heterocycles. The number of halogens is 1. The third kappa shape index (κ3) is 4.14. The highest BCUT2D eigenvalue weighted by Crippen LogP contribution is 2.29. The first-order valence-electron chi connectivity index (χ1n) is 6.13. The van der Waals surface area contributed by atoms with Crippen LogP contribution in [-0.4, -0.2) is 23.9 Å². The Morgan fingerprint density at radius 2 is 1.70 bits per heavy atom. The molecule has 0 radical (unpaired) electrons. The maximum Gasteiger partial charge on any atom is 0.261 e. The van der Waals surface area contributed by atoms with Gasteiger partial charge in [0.05, 0.1) is 27.6 Å². The normalized spacial score (nSPS) is 12.0. The lowest BCUT2D eigenvalue weighted by Gasteiger charge is -2.11. The highest BCUT2D eigenvalue weighted by Gasteiger charge is 2.19. The number of benzene rings is 2.